The van der Waals surface area contributed by atoms with Crippen molar-refractivity contribution in [3.8, 4) is 0 Å². The van der Waals surface area contributed by atoms with Crippen LogP contribution in [-0.4, -0.2) is 63.4 Å². The van der Waals surface area contributed by atoms with Gasteiger partial charge in [-0.05, 0) is 37.5 Å². The minimum Gasteiger partial charge on any atom is -0.467 e. The lowest BCUT2D eigenvalue weighted by atomic mass is 9.94. The second-order valence-electron chi connectivity index (χ2n) is 9.99. The lowest BCUT2D eigenvalue weighted by molar-refractivity contribution is -0.183. The Labute approximate surface area is 217 Å². The van der Waals surface area contributed by atoms with Gasteiger partial charge in [-0.15, -0.1) is 0 Å². The highest BCUT2D eigenvalue weighted by Gasteiger charge is 2.47. The Hall–Kier alpha value is -2.53. The molecule has 3 aliphatic rings. The molecule has 3 heterocycles. The number of anilines is 1. The van der Waals surface area contributed by atoms with Crippen molar-refractivity contribution in [3.63, 3.8) is 0 Å². The van der Waals surface area contributed by atoms with Gasteiger partial charge in [-0.2, -0.15) is 4.31 Å². The molecule has 0 aromatic heterocycles. The number of carbonyl (C=O) groups is 1. The summed E-state index contributed by atoms with van der Waals surface area (Å²) < 4.78 is 60.6. The molecule has 0 N–H and O–H groups in total. The third-order valence-corrected chi connectivity index (χ3v) is 10.2. The SMILES string of the molecule is COC(=O)C1CC2(CCN1c1ccc(CN3[C@@H](C)CCC(c4ccccc4)S3(=O)=O)c(F)c1)OCCO2. The van der Waals surface area contributed by atoms with Crippen molar-refractivity contribution in [2.24, 2.45) is 0 Å². The number of methoxy groups -OCH3 is 1. The molecule has 1 spiro atoms. The van der Waals surface area contributed by atoms with Crippen LogP contribution in [-0.2, 0) is 35.6 Å². The number of benzene rings is 2. The van der Waals surface area contributed by atoms with Gasteiger partial charge >= 0.3 is 5.97 Å². The zero-order chi connectivity index (χ0) is 26.2. The van der Waals surface area contributed by atoms with Gasteiger partial charge in [-0.25, -0.2) is 17.6 Å². The molecule has 0 aliphatic carbocycles. The molecular formula is C27H33FN2O6S. The number of sulfonamides is 1. The van der Waals surface area contributed by atoms with Crippen molar-refractivity contribution in [1.82, 2.24) is 4.31 Å². The van der Waals surface area contributed by atoms with Crippen LogP contribution >= 0.6 is 0 Å². The van der Waals surface area contributed by atoms with E-state index in [2.05, 4.69) is 0 Å². The monoisotopic (exact) mass is 532 g/mol. The summed E-state index contributed by atoms with van der Waals surface area (Å²) in [6.45, 7) is 3.18. The number of rotatable bonds is 5. The molecule has 0 amide bonds. The van der Waals surface area contributed by atoms with E-state index >= 15 is 4.39 Å². The first-order chi connectivity index (χ1) is 17.7. The van der Waals surface area contributed by atoms with Gasteiger partial charge in [0.1, 0.15) is 17.1 Å². The zero-order valence-corrected chi connectivity index (χ0v) is 22.0. The number of nitrogens with zero attached hydrogens (tertiary/aromatic N) is 2. The number of ether oxygens (including phenoxy) is 3. The van der Waals surface area contributed by atoms with Crippen molar-refractivity contribution in [2.45, 2.75) is 62.3 Å². The number of hydrogen-bond acceptors (Lipinski definition) is 7. The topological polar surface area (TPSA) is 85.4 Å². The average Bonchev–Trinajstić information content (AvgIpc) is 3.34. The van der Waals surface area contributed by atoms with Gasteiger partial charge in [0.25, 0.3) is 0 Å². The summed E-state index contributed by atoms with van der Waals surface area (Å²) >= 11 is 0. The number of halogens is 1. The lowest BCUT2D eigenvalue weighted by Crippen LogP contribution is -2.54. The van der Waals surface area contributed by atoms with Crippen LogP contribution in [0.5, 0.6) is 0 Å². The van der Waals surface area contributed by atoms with Crippen LogP contribution in [0, 0.1) is 5.82 Å². The summed E-state index contributed by atoms with van der Waals surface area (Å²) in [5.41, 5.74) is 1.57. The van der Waals surface area contributed by atoms with Crippen LogP contribution in [0.15, 0.2) is 48.5 Å². The van der Waals surface area contributed by atoms with E-state index in [9.17, 15) is 13.2 Å². The number of hydrogen-bond donors (Lipinski definition) is 0. The number of esters is 1. The van der Waals surface area contributed by atoms with E-state index in [1.807, 2.05) is 37.3 Å². The number of carbonyl (C=O) groups excluding carboxylic acids is 1. The van der Waals surface area contributed by atoms with E-state index in [-0.39, 0.29) is 19.0 Å². The molecule has 37 heavy (non-hydrogen) atoms. The fourth-order valence-electron chi connectivity index (χ4n) is 5.73. The molecule has 2 aromatic rings. The largest absolute Gasteiger partial charge is 0.467 e. The van der Waals surface area contributed by atoms with Gasteiger partial charge < -0.3 is 19.1 Å². The fourth-order valence-corrected chi connectivity index (χ4v) is 7.92. The first kappa shape index (κ1) is 26.1. The van der Waals surface area contributed by atoms with Crippen LogP contribution in [0.2, 0.25) is 0 Å². The third kappa shape index (κ3) is 4.99. The van der Waals surface area contributed by atoms with Gasteiger partial charge in [0, 0.05) is 43.2 Å². The van der Waals surface area contributed by atoms with Crippen LogP contribution in [0.25, 0.3) is 0 Å². The van der Waals surface area contributed by atoms with Crippen molar-refractivity contribution in [3.05, 3.63) is 65.5 Å². The van der Waals surface area contributed by atoms with Gasteiger partial charge in [0.05, 0.1) is 20.3 Å². The third-order valence-electron chi connectivity index (χ3n) is 7.79. The van der Waals surface area contributed by atoms with E-state index < -0.39 is 38.9 Å². The second-order valence-corrected chi connectivity index (χ2v) is 12.1. The van der Waals surface area contributed by atoms with E-state index in [0.717, 1.165) is 5.56 Å². The lowest BCUT2D eigenvalue weighted by Gasteiger charge is -2.43. The minimum absolute atomic E-state index is 0.0514. The molecule has 3 saturated heterocycles. The van der Waals surface area contributed by atoms with Crippen LogP contribution in [0.4, 0.5) is 10.1 Å². The standard InChI is InChI=1S/C27H33FN2O6S/c1-19-8-11-25(20-6-4-3-5-7-20)37(32,33)30(19)18-21-9-10-22(16-23(21)28)29-13-12-27(35-14-15-36-27)17-24(29)26(31)34-2/h3-7,9-10,16,19,24-25H,8,11-15,17-18H2,1-2H3/t19-,24?,25?/m0/s1. The highest BCUT2D eigenvalue weighted by molar-refractivity contribution is 7.89. The summed E-state index contributed by atoms with van der Waals surface area (Å²) in [6, 6.07) is 13.0. The normalized spacial score (nSPS) is 27.3. The predicted molar refractivity (Wildman–Crippen MR) is 136 cm³/mol. The summed E-state index contributed by atoms with van der Waals surface area (Å²) in [6.07, 6.45) is 2.05. The van der Waals surface area contributed by atoms with Gasteiger partial charge in [-0.1, -0.05) is 36.4 Å². The second kappa shape index (κ2) is 10.3. The van der Waals surface area contributed by atoms with Gasteiger partial charge in [-0.3, -0.25) is 0 Å². The Bertz CT molecular complexity index is 1230. The highest BCUT2D eigenvalue weighted by atomic mass is 32.2. The van der Waals surface area contributed by atoms with Gasteiger partial charge in [0.15, 0.2) is 5.79 Å². The van der Waals surface area contributed by atoms with Crippen molar-refractivity contribution in [2.75, 3.05) is 31.8 Å². The molecule has 0 bridgehead atoms. The van der Waals surface area contributed by atoms with E-state index in [1.54, 1.807) is 17.0 Å². The summed E-state index contributed by atoms with van der Waals surface area (Å²) in [5.74, 6) is -1.77. The smallest absolute Gasteiger partial charge is 0.328 e. The Morgan fingerprint density at radius 1 is 1.14 bits per heavy atom. The molecular weight excluding hydrogens is 499 g/mol. The first-order valence-electron chi connectivity index (χ1n) is 12.7. The Balaban J connectivity index is 1.37. The van der Waals surface area contributed by atoms with Gasteiger partial charge in [0.2, 0.25) is 10.0 Å². The summed E-state index contributed by atoms with van der Waals surface area (Å²) in [4.78, 5) is 14.4. The van der Waals surface area contributed by atoms with Crippen molar-refractivity contribution >= 4 is 21.7 Å². The van der Waals surface area contributed by atoms with Crippen molar-refractivity contribution in [1.29, 1.82) is 0 Å². The average molecular weight is 533 g/mol. The molecule has 2 unspecified atom stereocenters. The number of piperidine rings is 1. The van der Waals surface area contributed by atoms with E-state index in [4.69, 9.17) is 14.2 Å². The van der Waals surface area contributed by atoms with E-state index in [1.165, 1.54) is 17.5 Å². The maximum Gasteiger partial charge on any atom is 0.328 e. The van der Waals surface area contributed by atoms with Crippen LogP contribution < -0.4 is 4.90 Å². The fraction of sp³-hybridized carbons (Fsp3) is 0.519. The van der Waals surface area contributed by atoms with Crippen LogP contribution in [0.3, 0.4) is 0 Å². The molecule has 3 fully saturated rings. The molecule has 200 valence electrons. The zero-order valence-electron chi connectivity index (χ0n) is 21.1. The molecule has 0 saturated carbocycles. The maximum atomic E-state index is 15.4. The molecule has 0 radical (unpaired) electrons. The Morgan fingerprint density at radius 2 is 1.86 bits per heavy atom. The maximum absolute atomic E-state index is 15.4. The summed E-state index contributed by atoms with van der Waals surface area (Å²) in [7, 11) is -2.36. The molecule has 3 aliphatic heterocycles. The Kier molecular flexibility index (Phi) is 7.28. The highest BCUT2D eigenvalue weighted by Crippen LogP contribution is 2.40. The molecule has 8 nitrogen and oxygen atoms in total. The first-order valence-corrected chi connectivity index (χ1v) is 14.2. The molecule has 2 aromatic carbocycles. The molecule has 5 rings (SSSR count). The van der Waals surface area contributed by atoms with Crippen LogP contribution in [0.1, 0.15) is 49.0 Å². The summed E-state index contributed by atoms with van der Waals surface area (Å²) in [5, 5.41) is -0.645. The predicted octanol–water partition coefficient (Wildman–Crippen LogP) is 3.77. The molecule has 3 atom stereocenters. The van der Waals surface area contributed by atoms with E-state index in [0.29, 0.717) is 50.3 Å². The molecule has 10 heteroatoms. The minimum atomic E-state index is -3.68. The Morgan fingerprint density at radius 3 is 2.54 bits per heavy atom. The quantitative estimate of drug-likeness (QED) is 0.542. The van der Waals surface area contributed by atoms with Crippen molar-refractivity contribution < 1.29 is 31.8 Å².